The summed E-state index contributed by atoms with van der Waals surface area (Å²) in [5, 5.41) is 12.0. The Hall–Kier alpha value is -2.48. The number of benzene rings is 2. The number of hydrogen-bond donors (Lipinski definition) is 2. The Bertz CT molecular complexity index is 1320. The Morgan fingerprint density at radius 3 is 2.31 bits per heavy atom. The first-order valence-corrected chi connectivity index (χ1v) is 8.84. The van der Waals surface area contributed by atoms with E-state index < -0.39 is 5.82 Å². The third-order valence-corrected chi connectivity index (χ3v) is 5.20. The lowest BCUT2D eigenvalue weighted by Crippen LogP contribution is -2.20. The fourth-order valence-corrected chi connectivity index (χ4v) is 3.47. The average molecular weight is 408 g/mol. The second kappa shape index (κ2) is 6.35. The number of aromatic nitrogens is 1. The van der Waals surface area contributed by atoms with Crippen LogP contribution in [0.1, 0.15) is 4.88 Å². The Kier molecular flexibility index (Phi) is 4.14. The summed E-state index contributed by atoms with van der Waals surface area (Å²) in [5.41, 5.74) is 0. The number of hydrogen-bond acceptors (Lipinski definition) is 5. The van der Waals surface area contributed by atoms with Gasteiger partial charge in [0.25, 0.3) is 0 Å². The second-order valence-corrected chi connectivity index (χ2v) is 7.24. The van der Waals surface area contributed by atoms with Crippen LogP contribution < -0.4 is 26.0 Å². The van der Waals surface area contributed by atoms with Gasteiger partial charge in [-0.3, -0.25) is 9.78 Å². The van der Waals surface area contributed by atoms with Crippen molar-refractivity contribution in [3.8, 4) is 5.88 Å². The lowest BCUT2D eigenvalue weighted by atomic mass is 10.2. The van der Waals surface area contributed by atoms with Crippen LogP contribution in [0.25, 0.3) is 11.9 Å². The van der Waals surface area contributed by atoms with Crippen molar-refractivity contribution in [2.45, 2.75) is 0 Å². The van der Waals surface area contributed by atoms with E-state index >= 15 is 0 Å². The average Bonchev–Trinajstić information content (AvgIpc) is 3.10. The highest BCUT2D eigenvalue weighted by Gasteiger charge is 2.09. The van der Waals surface area contributed by atoms with Crippen molar-refractivity contribution >= 4 is 46.4 Å². The van der Waals surface area contributed by atoms with Gasteiger partial charge in [-0.25, -0.2) is 14.4 Å². The maximum atomic E-state index is 14.6. The van der Waals surface area contributed by atoms with Gasteiger partial charge in [-0.15, -0.1) is 0 Å². The van der Waals surface area contributed by atoms with E-state index in [1.165, 1.54) is 18.2 Å². The van der Waals surface area contributed by atoms with Crippen molar-refractivity contribution in [1.82, 2.24) is 4.98 Å². The van der Waals surface area contributed by atoms with Crippen LogP contribution in [0.2, 0.25) is 10.0 Å². The molecular weight excluding hydrogens is 400 g/mol. The maximum absolute atomic E-state index is 14.6. The summed E-state index contributed by atoms with van der Waals surface area (Å²) < 4.78 is 14.6. The molecule has 0 spiro atoms. The van der Waals surface area contributed by atoms with Crippen LogP contribution in [0.3, 0.4) is 0 Å². The van der Waals surface area contributed by atoms with Crippen LogP contribution in [-0.2, 0) is 0 Å². The zero-order chi connectivity index (χ0) is 18.4. The molecule has 26 heavy (non-hydrogen) atoms. The molecule has 2 heterocycles. The van der Waals surface area contributed by atoms with Crippen molar-refractivity contribution in [1.29, 1.82) is 0 Å². The molecule has 0 aliphatic carbocycles. The number of nitrogens with one attached hydrogen (secondary N) is 1. The second-order valence-electron chi connectivity index (χ2n) is 5.41. The Morgan fingerprint density at radius 2 is 1.77 bits per heavy atom. The highest BCUT2D eigenvalue weighted by molar-refractivity contribution is 7.10. The number of rotatable bonds is 1. The predicted octanol–water partition coefficient (Wildman–Crippen LogP) is 1.44. The third kappa shape index (κ3) is 3.05. The molecule has 1 aliphatic heterocycles. The van der Waals surface area contributed by atoms with Gasteiger partial charge in [-0.2, -0.15) is 0 Å². The molecule has 1 aromatic heterocycles. The highest BCUT2D eigenvalue weighted by Crippen LogP contribution is 2.18. The van der Waals surface area contributed by atoms with E-state index in [1.54, 1.807) is 18.2 Å². The Labute approximate surface area is 158 Å². The maximum Gasteiger partial charge on any atom is 0.307 e. The van der Waals surface area contributed by atoms with Crippen LogP contribution in [-0.4, -0.2) is 10.1 Å². The van der Waals surface area contributed by atoms with Gasteiger partial charge >= 0.3 is 4.87 Å². The molecule has 0 atom stereocenters. The molecular formula is C17H8Cl2FN3O2S. The molecule has 9 heteroatoms. The smallest absolute Gasteiger partial charge is 0.307 e. The van der Waals surface area contributed by atoms with Gasteiger partial charge in [-0.05, 0) is 35.6 Å². The quantitative estimate of drug-likeness (QED) is 0.639. The van der Waals surface area contributed by atoms with E-state index in [-0.39, 0.29) is 21.8 Å². The summed E-state index contributed by atoms with van der Waals surface area (Å²) in [6.45, 7) is 0. The van der Waals surface area contributed by atoms with Gasteiger partial charge in [-0.1, -0.05) is 40.6 Å². The SMILES string of the molecule is O=c1[nH]c(O)c(C=c2ccc(=C3N=c4cc(Cl)c(Cl)cc4=N3)c(F)c2)s1. The standard InChI is InChI=1S/C17H8Cl2FN3O2S/c18-9-5-12-13(6-10(9)19)22-15(21-12)8-2-1-7(3-11(8)20)4-14-16(24)23-17(25)26-14/h1-6,24H,(H,23,25). The minimum Gasteiger partial charge on any atom is -0.493 e. The fourth-order valence-electron chi connectivity index (χ4n) is 2.46. The molecule has 0 unspecified atom stereocenters. The summed E-state index contributed by atoms with van der Waals surface area (Å²) in [5.74, 6) is -0.561. The van der Waals surface area contributed by atoms with Gasteiger partial charge in [0.05, 0.1) is 30.9 Å². The summed E-state index contributed by atoms with van der Waals surface area (Å²) in [4.78, 5) is 22.0. The number of thiazole rings is 1. The lowest BCUT2D eigenvalue weighted by molar-refractivity contribution is 0.455. The molecule has 0 radical (unpaired) electrons. The van der Waals surface area contributed by atoms with Crippen LogP contribution in [0.5, 0.6) is 5.88 Å². The number of aromatic hydroxyl groups is 1. The number of nitrogens with zero attached hydrogens (tertiary/aromatic N) is 2. The molecule has 4 rings (SSSR count). The van der Waals surface area contributed by atoms with Crippen LogP contribution >= 0.6 is 34.5 Å². The zero-order valence-corrected chi connectivity index (χ0v) is 15.1. The van der Waals surface area contributed by atoms with Crippen LogP contribution in [0, 0.1) is 5.82 Å². The summed E-state index contributed by atoms with van der Waals surface area (Å²) >= 11 is 12.8. The number of aromatic amines is 1. The lowest BCUT2D eigenvalue weighted by Gasteiger charge is -1.94. The van der Waals surface area contributed by atoms with Crippen molar-refractivity contribution in [3.63, 3.8) is 0 Å². The molecule has 3 aromatic rings. The molecule has 0 bridgehead atoms. The normalized spacial score (nSPS) is 13.5. The molecule has 5 nitrogen and oxygen atoms in total. The van der Waals surface area contributed by atoms with Crippen LogP contribution in [0.15, 0.2) is 45.1 Å². The van der Waals surface area contributed by atoms with Crippen molar-refractivity contribution in [2.24, 2.45) is 9.98 Å². The molecule has 0 saturated heterocycles. The molecule has 130 valence electrons. The summed E-state index contributed by atoms with van der Waals surface area (Å²) in [6.07, 6.45) is 1.51. The van der Waals surface area contributed by atoms with Gasteiger partial charge in [0, 0.05) is 0 Å². The molecule has 0 amide bonds. The topological polar surface area (TPSA) is 77.8 Å². The highest BCUT2D eigenvalue weighted by atomic mass is 35.5. The predicted molar refractivity (Wildman–Crippen MR) is 98.0 cm³/mol. The Morgan fingerprint density at radius 1 is 1.12 bits per heavy atom. The number of halogens is 3. The van der Waals surface area contributed by atoms with E-state index in [9.17, 15) is 14.3 Å². The van der Waals surface area contributed by atoms with Gasteiger partial charge in [0.15, 0.2) is 5.82 Å². The van der Waals surface area contributed by atoms with E-state index in [2.05, 4.69) is 15.0 Å². The largest absolute Gasteiger partial charge is 0.493 e. The minimum atomic E-state index is -0.534. The van der Waals surface area contributed by atoms with E-state index in [1.807, 2.05) is 0 Å². The monoisotopic (exact) mass is 407 g/mol. The molecule has 0 saturated carbocycles. The molecule has 1 aliphatic rings. The van der Waals surface area contributed by atoms with Crippen molar-refractivity contribution in [3.05, 3.63) is 81.9 Å². The summed E-state index contributed by atoms with van der Waals surface area (Å²) in [7, 11) is 0. The van der Waals surface area contributed by atoms with Gasteiger partial charge < -0.3 is 5.11 Å². The molecule has 0 fully saturated rings. The molecule has 2 N–H and O–H groups in total. The minimum absolute atomic E-state index is 0.219. The first-order valence-electron chi connectivity index (χ1n) is 7.27. The molecule has 2 aromatic carbocycles. The van der Waals surface area contributed by atoms with Gasteiger partial charge in [0.2, 0.25) is 5.88 Å². The fraction of sp³-hybridized carbons (Fsp3) is 0. The first kappa shape index (κ1) is 17.0. The van der Waals surface area contributed by atoms with E-state index in [0.717, 1.165) is 11.3 Å². The van der Waals surface area contributed by atoms with E-state index in [0.29, 0.717) is 30.9 Å². The van der Waals surface area contributed by atoms with Crippen molar-refractivity contribution in [2.75, 3.05) is 0 Å². The zero-order valence-electron chi connectivity index (χ0n) is 12.8. The first-order chi connectivity index (χ1) is 12.4. The number of H-pyrrole nitrogens is 1. The Balaban J connectivity index is 1.87. The van der Waals surface area contributed by atoms with E-state index in [4.69, 9.17) is 23.2 Å². The van der Waals surface area contributed by atoms with Gasteiger partial charge in [0.1, 0.15) is 5.82 Å². The van der Waals surface area contributed by atoms with Crippen molar-refractivity contribution < 1.29 is 9.50 Å². The number of fused-ring (bicyclic) bond motifs is 1. The third-order valence-electron chi connectivity index (χ3n) is 3.66. The van der Waals surface area contributed by atoms with Crippen LogP contribution in [0.4, 0.5) is 4.39 Å². The summed E-state index contributed by atoms with van der Waals surface area (Å²) in [6, 6.07) is 7.60.